The maximum absolute atomic E-state index is 12.0. The summed E-state index contributed by atoms with van der Waals surface area (Å²) in [6.07, 6.45) is 1.80. The Balaban J connectivity index is 2.05. The number of benzene rings is 1. The fourth-order valence-electron chi connectivity index (χ4n) is 2.22. The van der Waals surface area contributed by atoms with Gasteiger partial charge in [0.2, 0.25) is 0 Å². The molecular weight excluding hydrogens is 252 g/mol. The van der Waals surface area contributed by atoms with E-state index in [-0.39, 0.29) is 23.3 Å². The summed E-state index contributed by atoms with van der Waals surface area (Å²) in [5, 5.41) is 16.4. The first-order valence-corrected chi connectivity index (χ1v) is 6.47. The van der Waals surface area contributed by atoms with Crippen LogP contribution in [0.5, 0.6) is 5.75 Å². The molecule has 1 aliphatic rings. The highest BCUT2D eigenvalue weighted by Crippen LogP contribution is 2.21. The average Bonchev–Trinajstić information content (AvgIpc) is 2.32. The number of piperidine rings is 1. The van der Waals surface area contributed by atoms with Crippen LogP contribution in [0.1, 0.15) is 30.1 Å². The predicted octanol–water partition coefficient (Wildman–Crippen LogP) is 1.92. The highest BCUT2D eigenvalue weighted by molar-refractivity contribution is 6.31. The maximum Gasteiger partial charge on any atom is 0.255 e. The van der Waals surface area contributed by atoms with E-state index in [4.69, 9.17) is 11.6 Å². The summed E-state index contributed by atoms with van der Waals surface area (Å²) in [7, 11) is 0. The molecule has 4 nitrogen and oxygen atoms in total. The van der Waals surface area contributed by atoms with E-state index in [1.54, 1.807) is 6.07 Å². The topological polar surface area (TPSA) is 61.4 Å². The van der Waals surface area contributed by atoms with Crippen molar-refractivity contribution in [2.24, 2.45) is 0 Å². The zero-order valence-corrected chi connectivity index (χ0v) is 11.0. The molecule has 1 heterocycles. The molecule has 1 aromatic rings. The Morgan fingerprint density at radius 3 is 3.06 bits per heavy atom. The highest BCUT2D eigenvalue weighted by Gasteiger charge is 2.21. The Bertz CT molecular complexity index is 451. The van der Waals surface area contributed by atoms with Crippen LogP contribution < -0.4 is 10.6 Å². The minimum absolute atomic E-state index is 0.0427. The van der Waals surface area contributed by atoms with Gasteiger partial charge in [0, 0.05) is 17.1 Å². The normalized spacial score (nSPS) is 23.7. The van der Waals surface area contributed by atoms with E-state index in [0.29, 0.717) is 11.1 Å². The third kappa shape index (κ3) is 3.15. The van der Waals surface area contributed by atoms with Gasteiger partial charge >= 0.3 is 0 Å². The number of hydrogen-bond acceptors (Lipinski definition) is 3. The van der Waals surface area contributed by atoms with Crippen molar-refractivity contribution in [1.29, 1.82) is 0 Å². The van der Waals surface area contributed by atoms with Gasteiger partial charge < -0.3 is 15.7 Å². The molecule has 0 radical (unpaired) electrons. The fourth-order valence-corrected chi connectivity index (χ4v) is 2.39. The molecule has 2 rings (SSSR count). The molecule has 2 atom stereocenters. The predicted molar refractivity (Wildman–Crippen MR) is 71.1 cm³/mol. The standard InChI is InChI=1S/C13H17ClN2O2/c1-8-6-10(4-5-15-8)16-13(18)11-7-9(14)2-3-12(11)17/h2-3,7-8,10,15,17H,4-6H2,1H3,(H,16,18). The monoisotopic (exact) mass is 268 g/mol. The second-order valence-corrected chi connectivity index (χ2v) is 5.15. The van der Waals surface area contributed by atoms with E-state index >= 15 is 0 Å². The van der Waals surface area contributed by atoms with Gasteiger partial charge in [-0.25, -0.2) is 0 Å². The number of aromatic hydroxyl groups is 1. The quantitative estimate of drug-likeness (QED) is 0.768. The Kier molecular flexibility index (Phi) is 4.09. The minimum atomic E-state index is -0.269. The average molecular weight is 269 g/mol. The maximum atomic E-state index is 12.0. The van der Waals surface area contributed by atoms with Gasteiger partial charge in [-0.3, -0.25) is 4.79 Å². The van der Waals surface area contributed by atoms with Gasteiger partial charge in [-0.2, -0.15) is 0 Å². The molecule has 3 N–H and O–H groups in total. The summed E-state index contributed by atoms with van der Waals surface area (Å²) in [4.78, 5) is 12.0. The first-order chi connectivity index (χ1) is 8.56. The van der Waals surface area contributed by atoms with Crippen LogP contribution in [0.2, 0.25) is 5.02 Å². The molecule has 1 aromatic carbocycles. The number of carbonyl (C=O) groups excluding carboxylic acids is 1. The van der Waals surface area contributed by atoms with Gasteiger partial charge in [0.25, 0.3) is 5.91 Å². The zero-order chi connectivity index (χ0) is 13.1. The summed E-state index contributed by atoms with van der Waals surface area (Å²) in [5.41, 5.74) is 0.230. The summed E-state index contributed by atoms with van der Waals surface area (Å²) in [5.74, 6) is -0.312. The Morgan fingerprint density at radius 1 is 1.56 bits per heavy atom. The second-order valence-electron chi connectivity index (χ2n) is 4.71. The van der Waals surface area contributed by atoms with E-state index in [0.717, 1.165) is 19.4 Å². The lowest BCUT2D eigenvalue weighted by atomic mass is 10.00. The molecule has 1 amide bonds. The minimum Gasteiger partial charge on any atom is -0.507 e. The lowest BCUT2D eigenvalue weighted by Gasteiger charge is -2.28. The molecule has 1 saturated heterocycles. The smallest absolute Gasteiger partial charge is 0.255 e. The van der Waals surface area contributed by atoms with Crippen molar-refractivity contribution in [1.82, 2.24) is 10.6 Å². The number of rotatable bonds is 2. The third-order valence-electron chi connectivity index (χ3n) is 3.16. The molecule has 0 bridgehead atoms. The summed E-state index contributed by atoms with van der Waals surface area (Å²) in [6, 6.07) is 5.02. The Morgan fingerprint density at radius 2 is 2.33 bits per heavy atom. The van der Waals surface area contributed by atoms with E-state index in [9.17, 15) is 9.90 Å². The third-order valence-corrected chi connectivity index (χ3v) is 3.40. The molecular formula is C13H17ClN2O2. The van der Waals surface area contributed by atoms with E-state index in [1.165, 1.54) is 12.1 Å². The lowest BCUT2D eigenvalue weighted by molar-refractivity contribution is 0.0923. The van der Waals surface area contributed by atoms with Crippen molar-refractivity contribution in [3.8, 4) is 5.75 Å². The van der Waals surface area contributed by atoms with Crippen LogP contribution >= 0.6 is 11.6 Å². The van der Waals surface area contributed by atoms with Crippen LogP contribution in [0.3, 0.4) is 0 Å². The van der Waals surface area contributed by atoms with E-state index in [2.05, 4.69) is 17.6 Å². The first-order valence-electron chi connectivity index (χ1n) is 6.09. The second kappa shape index (κ2) is 5.59. The van der Waals surface area contributed by atoms with Crippen molar-refractivity contribution in [3.63, 3.8) is 0 Å². The van der Waals surface area contributed by atoms with E-state index < -0.39 is 0 Å². The van der Waals surface area contributed by atoms with Gasteiger partial charge in [0.15, 0.2) is 0 Å². The zero-order valence-electron chi connectivity index (χ0n) is 10.2. The number of carbonyl (C=O) groups is 1. The highest BCUT2D eigenvalue weighted by atomic mass is 35.5. The molecule has 0 aromatic heterocycles. The van der Waals surface area contributed by atoms with Crippen molar-refractivity contribution in [2.75, 3.05) is 6.54 Å². The van der Waals surface area contributed by atoms with Crippen molar-refractivity contribution in [2.45, 2.75) is 31.8 Å². The molecule has 1 aliphatic heterocycles. The first kappa shape index (κ1) is 13.2. The molecule has 18 heavy (non-hydrogen) atoms. The Hall–Kier alpha value is -1.26. The summed E-state index contributed by atoms with van der Waals surface area (Å²) < 4.78 is 0. The number of phenols is 1. The summed E-state index contributed by atoms with van der Waals surface area (Å²) >= 11 is 5.83. The van der Waals surface area contributed by atoms with Crippen LogP contribution in [-0.4, -0.2) is 29.6 Å². The molecule has 2 unspecified atom stereocenters. The van der Waals surface area contributed by atoms with Gasteiger partial charge in [-0.15, -0.1) is 0 Å². The van der Waals surface area contributed by atoms with Gasteiger partial charge in [0.1, 0.15) is 5.75 Å². The van der Waals surface area contributed by atoms with Gasteiger partial charge in [-0.05, 0) is 44.5 Å². The van der Waals surface area contributed by atoms with Crippen molar-refractivity contribution in [3.05, 3.63) is 28.8 Å². The van der Waals surface area contributed by atoms with Crippen LogP contribution in [-0.2, 0) is 0 Å². The molecule has 0 aliphatic carbocycles. The molecule has 0 spiro atoms. The summed E-state index contributed by atoms with van der Waals surface area (Å²) in [6.45, 7) is 2.99. The SMILES string of the molecule is CC1CC(NC(=O)c2cc(Cl)ccc2O)CCN1. The van der Waals surface area contributed by atoms with Crippen molar-refractivity contribution >= 4 is 17.5 Å². The van der Waals surface area contributed by atoms with Crippen LogP contribution in [0, 0.1) is 0 Å². The van der Waals surface area contributed by atoms with Gasteiger partial charge in [0.05, 0.1) is 5.56 Å². The molecule has 98 valence electrons. The Labute approximate surface area is 111 Å². The number of halogens is 1. The number of hydrogen-bond donors (Lipinski definition) is 3. The number of amides is 1. The van der Waals surface area contributed by atoms with Crippen LogP contribution in [0.15, 0.2) is 18.2 Å². The molecule has 1 fully saturated rings. The molecule has 5 heteroatoms. The van der Waals surface area contributed by atoms with Gasteiger partial charge in [-0.1, -0.05) is 11.6 Å². The van der Waals surface area contributed by atoms with E-state index in [1.807, 2.05) is 0 Å². The molecule has 0 saturated carbocycles. The van der Waals surface area contributed by atoms with Crippen LogP contribution in [0.4, 0.5) is 0 Å². The fraction of sp³-hybridized carbons (Fsp3) is 0.462. The number of phenolic OH excluding ortho intramolecular Hbond substituents is 1. The largest absolute Gasteiger partial charge is 0.507 e. The number of nitrogens with one attached hydrogen (secondary N) is 2. The lowest BCUT2D eigenvalue weighted by Crippen LogP contribution is -2.46. The van der Waals surface area contributed by atoms with Crippen LogP contribution in [0.25, 0.3) is 0 Å². The van der Waals surface area contributed by atoms with Crippen molar-refractivity contribution < 1.29 is 9.90 Å².